The number of hydrogen-bond acceptors (Lipinski definition) is 4. The third-order valence-electron chi connectivity index (χ3n) is 0.932. The molecule has 0 atom stereocenters. The number of hydrogen-bond donors (Lipinski definition) is 1. The third kappa shape index (κ3) is 1.72. The number of rotatable bonds is 1. The van der Waals surface area contributed by atoms with Crippen LogP contribution in [0.15, 0.2) is 11.4 Å². The SMILES string of the molecule is CSc1ncc(I)c(N)n1. The van der Waals surface area contributed by atoms with E-state index in [2.05, 4.69) is 32.6 Å². The quantitative estimate of drug-likeness (QED) is 0.474. The van der Waals surface area contributed by atoms with Crippen molar-refractivity contribution in [3.8, 4) is 0 Å². The Morgan fingerprint density at radius 3 is 2.90 bits per heavy atom. The van der Waals surface area contributed by atoms with E-state index in [0.29, 0.717) is 5.82 Å². The molecule has 0 saturated carbocycles. The van der Waals surface area contributed by atoms with Gasteiger partial charge in [-0.2, -0.15) is 0 Å². The second-order valence-electron chi connectivity index (χ2n) is 1.59. The van der Waals surface area contributed by atoms with Gasteiger partial charge in [-0.25, -0.2) is 9.97 Å². The van der Waals surface area contributed by atoms with E-state index in [1.807, 2.05) is 6.26 Å². The summed E-state index contributed by atoms with van der Waals surface area (Å²) < 4.78 is 0.899. The zero-order valence-electron chi connectivity index (χ0n) is 5.34. The van der Waals surface area contributed by atoms with Crippen molar-refractivity contribution in [2.75, 3.05) is 12.0 Å². The summed E-state index contributed by atoms with van der Waals surface area (Å²) in [5, 5.41) is 0.720. The van der Waals surface area contributed by atoms with Gasteiger partial charge in [0.25, 0.3) is 0 Å². The van der Waals surface area contributed by atoms with E-state index in [-0.39, 0.29) is 0 Å². The third-order valence-corrected chi connectivity index (χ3v) is 2.32. The first-order valence-corrected chi connectivity index (χ1v) is 4.86. The maximum atomic E-state index is 5.52. The Morgan fingerprint density at radius 2 is 2.40 bits per heavy atom. The van der Waals surface area contributed by atoms with Crippen LogP contribution in [-0.2, 0) is 0 Å². The lowest BCUT2D eigenvalue weighted by Gasteiger charge is -1.97. The summed E-state index contributed by atoms with van der Waals surface area (Å²) in [6, 6.07) is 0. The Bertz CT molecular complexity index is 240. The fourth-order valence-corrected chi connectivity index (χ4v) is 1.07. The van der Waals surface area contributed by atoms with Crippen molar-refractivity contribution < 1.29 is 0 Å². The first kappa shape index (κ1) is 8.06. The molecular weight excluding hydrogens is 261 g/mol. The van der Waals surface area contributed by atoms with Crippen molar-refractivity contribution in [2.45, 2.75) is 5.16 Å². The van der Waals surface area contributed by atoms with Crippen LogP contribution in [0.3, 0.4) is 0 Å². The zero-order chi connectivity index (χ0) is 7.56. The molecule has 0 spiro atoms. The van der Waals surface area contributed by atoms with Crippen LogP contribution in [0.1, 0.15) is 0 Å². The second kappa shape index (κ2) is 3.38. The van der Waals surface area contributed by atoms with Crippen molar-refractivity contribution in [3.05, 3.63) is 9.77 Å². The second-order valence-corrected chi connectivity index (χ2v) is 3.53. The molecule has 3 nitrogen and oxygen atoms in total. The van der Waals surface area contributed by atoms with Crippen LogP contribution in [0.2, 0.25) is 0 Å². The summed E-state index contributed by atoms with van der Waals surface area (Å²) >= 11 is 3.58. The fraction of sp³-hybridized carbons (Fsp3) is 0.200. The molecule has 0 bridgehead atoms. The highest BCUT2D eigenvalue weighted by molar-refractivity contribution is 14.1. The maximum Gasteiger partial charge on any atom is 0.189 e. The number of nitrogens with zero attached hydrogens (tertiary/aromatic N) is 2. The molecule has 1 aromatic heterocycles. The van der Waals surface area contributed by atoms with Gasteiger partial charge in [0.05, 0.1) is 3.57 Å². The topological polar surface area (TPSA) is 51.8 Å². The number of nitrogen functional groups attached to an aromatic ring is 1. The lowest BCUT2D eigenvalue weighted by molar-refractivity contribution is 0.970. The number of aromatic nitrogens is 2. The van der Waals surface area contributed by atoms with Gasteiger partial charge in [-0.05, 0) is 28.8 Å². The molecule has 0 aliphatic carbocycles. The predicted molar refractivity (Wildman–Crippen MR) is 50.9 cm³/mol. The minimum absolute atomic E-state index is 0.556. The molecule has 0 aromatic carbocycles. The van der Waals surface area contributed by atoms with Gasteiger partial charge in [-0.1, -0.05) is 11.8 Å². The van der Waals surface area contributed by atoms with Crippen LogP contribution in [-0.4, -0.2) is 16.2 Å². The smallest absolute Gasteiger partial charge is 0.189 e. The molecule has 0 radical (unpaired) electrons. The first-order valence-electron chi connectivity index (χ1n) is 2.56. The van der Waals surface area contributed by atoms with E-state index >= 15 is 0 Å². The molecule has 0 unspecified atom stereocenters. The average Bonchev–Trinajstić information content (AvgIpc) is 1.95. The van der Waals surface area contributed by atoms with Crippen molar-refractivity contribution in [2.24, 2.45) is 0 Å². The van der Waals surface area contributed by atoms with Crippen LogP contribution in [0.4, 0.5) is 5.82 Å². The molecule has 1 heterocycles. The summed E-state index contributed by atoms with van der Waals surface area (Å²) in [5.41, 5.74) is 5.52. The van der Waals surface area contributed by atoms with Crippen molar-refractivity contribution >= 4 is 40.2 Å². The summed E-state index contributed by atoms with van der Waals surface area (Å²) in [7, 11) is 0. The van der Waals surface area contributed by atoms with Gasteiger partial charge >= 0.3 is 0 Å². The molecular formula is C5H6IN3S. The first-order chi connectivity index (χ1) is 4.74. The number of nitrogens with two attached hydrogens (primary N) is 1. The van der Waals surface area contributed by atoms with E-state index in [9.17, 15) is 0 Å². The largest absolute Gasteiger partial charge is 0.383 e. The highest BCUT2D eigenvalue weighted by Crippen LogP contribution is 2.14. The summed E-state index contributed by atoms with van der Waals surface area (Å²) in [6.45, 7) is 0. The predicted octanol–water partition coefficient (Wildman–Crippen LogP) is 1.39. The van der Waals surface area contributed by atoms with Crippen molar-refractivity contribution in [1.29, 1.82) is 0 Å². The van der Waals surface area contributed by atoms with Gasteiger partial charge in [-0.3, -0.25) is 0 Å². The molecule has 0 amide bonds. The lowest BCUT2D eigenvalue weighted by Crippen LogP contribution is -1.96. The normalized spacial score (nSPS) is 9.80. The van der Waals surface area contributed by atoms with E-state index in [0.717, 1.165) is 8.73 Å². The Balaban J connectivity index is 3.04. The number of halogens is 1. The van der Waals surface area contributed by atoms with Gasteiger partial charge in [0, 0.05) is 6.20 Å². The summed E-state index contributed by atoms with van der Waals surface area (Å²) in [6.07, 6.45) is 3.64. The van der Waals surface area contributed by atoms with Gasteiger partial charge in [-0.15, -0.1) is 0 Å². The zero-order valence-corrected chi connectivity index (χ0v) is 8.31. The Kier molecular flexibility index (Phi) is 2.72. The Hall–Kier alpha value is -0.0400. The molecule has 1 aromatic rings. The molecule has 5 heteroatoms. The molecule has 0 aliphatic rings. The minimum atomic E-state index is 0.556. The Morgan fingerprint density at radius 1 is 1.70 bits per heavy atom. The monoisotopic (exact) mass is 267 g/mol. The molecule has 10 heavy (non-hydrogen) atoms. The molecule has 2 N–H and O–H groups in total. The molecule has 0 aliphatic heterocycles. The van der Waals surface area contributed by atoms with Crippen LogP contribution >= 0.6 is 34.4 Å². The van der Waals surface area contributed by atoms with E-state index in [1.165, 1.54) is 11.8 Å². The molecule has 0 saturated heterocycles. The van der Waals surface area contributed by atoms with E-state index < -0.39 is 0 Å². The van der Waals surface area contributed by atoms with Crippen LogP contribution in [0.5, 0.6) is 0 Å². The van der Waals surface area contributed by atoms with Gasteiger partial charge in [0.15, 0.2) is 5.16 Å². The molecule has 1 rings (SSSR count). The van der Waals surface area contributed by atoms with Crippen LogP contribution < -0.4 is 5.73 Å². The molecule has 54 valence electrons. The van der Waals surface area contributed by atoms with Gasteiger partial charge in [0.1, 0.15) is 5.82 Å². The maximum absolute atomic E-state index is 5.52. The van der Waals surface area contributed by atoms with Crippen LogP contribution in [0, 0.1) is 3.57 Å². The minimum Gasteiger partial charge on any atom is -0.383 e. The average molecular weight is 267 g/mol. The number of anilines is 1. The van der Waals surface area contributed by atoms with Crippen LogP contribution in [0.25, 0.3) is 0 Å². The van der Waals surface area contributed by atoms with Gasteiger partial charge in [0.2, 0.25) is 0 Å². The van der Waals surface area contributed by atoms with E-state index in [1.54, 1.807) is 6.20 Å². The van der Waals surface area contributed by atoms with Crippen molar-refractivity contribution in [1.82, 2.24) is 9.97 Å². The van der Waals surface area contributed by atoms with Crippen molar-refractivity contribution in [3.63, 3.8) is 0 Å². The molecule has 0 fully saturated rings. The highest BCUT2D eigenvalue weighted by Gasteiger charge is 1.98. The number of thioether (sulfide) groups is 1. The van der Waals surface area contributed by atoms with E-state index in [4.69, 9.17) is 5.73 Å². The van der Waals surface area contributed by atoms with Gasteiger partial charge < -0.3 is 5.73 Å². The standard InChI is InChI=1S/C5H6IN3S/c1-10-5-8-2-3(6)4(7)9-5/h2H,1H3,(H2,7,8,9). The summed E-state index contributed by atoms with van der Waals surface area (Å²) in [5.74, 6) is 0.556. The highest BCUT2D eigenvalue weighted by atomic mass is 127. The summed E-state index contributed by atoms with van der Waals surface area (Å²) in [4.78, 5) is 8.04. The Labute approximate surface area is 77.0 Å². The fourth-order valence-electron chi connectivity index (χ4n) is 0.462. The lowest BCUT2D eigenvalue weighted by atomic mass is 10.6.